The average Bonchev–Trinajstić information content (AvgIpc) is 3.13. The first-order chi connectivity index (χ1) is 14.3. The van der Waals surface area contributed by atoms with E-state index in [1.165, 1.54) is 11.1 Å². The number of halogens is 1. The van der Waals surface area contributed by atoms with Crippen molar-refractivity contribution in [1.29, 1.82) is 0 Å². The van der Waals surface area contributed by atoms with Crippen LogP contribution in [-0.2, 0) is 10.3 Å². The molecule has 2 atom stereocenters. The Bertz CT molecular complexity index is 935. The van der Waals surface area contributed by atoms with Gasteiger partial charge in [0.1, 0.15) is 30.3 Å². The molecule has 2 unspecified atom stereocenters. The minimum atomic E-state index is -0.387. The van der Waals surface area contributed by atoms with E-state index in [-0.39, 0.29) is 24.0 Å². The lowest BCUT2D eigenvalue weighted by atomic mass is 9.82. The Labute approximate surface area is 184 Å². The largest absolute Gasteiger partial charge is 0.491 e. The van der Waals surface area contributed by atoms with Gasteiger partial charge in [-0.05, 0) is 30.2 Å². The van der Waals surface area contributed by atoms with Crippen LogP contribution in [0.15, 0.2) is 96.0 Å². The van der Waals surface area contributed by atoms with Gasteiger partial charge in [-0.1, -0.05) is 78.9 Å². The Morgan fingerprint density at radius 2 is 1.43 bits per heavy atom. The second-order valence-electron chi connectivity index (χ2n) is 7.27. The lowest BCUT2D eigenvalue weighted by Gasteiger charge is -2.30. The maximum absolute atomic E-state index is 5.83. The number of nitrogens with one attached hydrogen (secondary N) is 1. The molecule has 4 rings (SSSR count). The van der Waals surface area contributed by atoms with Crippen molar-refractivity contribution < 1.29 is 9.47 Å². The van der Waals surface area contributed by atoms with E-state index in [2.05, 4.69) is 60.8 Å². The molecule has 156 valence electrons. The summed E-state index contributed by atoms with van der Waals surface area (Å²) in [4.78, 5) is 5.04. The van der Waals surface area contributed by atoms with Crippen LogP contribution in [0.2, 0.25) is 0 Å². The third-order valence-corrected chi connectivity index (χ3v) is 5.21. The first-order valence-electron chi connectivity index (χ1n) is 9.97. The normalized spacial score (nSPS) is 20.0. The van der Waals surface area contributed by atoms with Gasteiger partial charge in [-0.15, -0.1) is 12.4 Å². The van der Waals surface area contributed by atoms with Gasteiger partial charge in [0.05, 0.1) is 12.6 Å². The van der Waals surface area contributed by atoms with Gasteiger partial charge in [0.2, 0.25) is 0 Å². The highest BCUT2D eigenvalue weighted by Gasteiger charge is 2.42. The molecule has 1 aliphatic heterocycles. The van der Waals surface area contributed by atoms with E-state index in [9.17, 15) is 0 Å². The molecule has 3 aromatic rings. The van der Waals surface area contributed by atoms with Gasteiger partial charge < -0.3 is 14.8 Å². The van der Waals surface area contributed by atoms with Crippen LogP contribution in [-0.4, -0.2) is 25.7 Å². The summed E-state index contributed by atoms with van der Waals surface area (Å²) in [6, 6.07) is 30.7. The molecule has 0 fully saturated rings. The van der Waals surface area contributed by atoms with Crippen LogP contribution >= 0.6 is 12.4 Å². The molecule has 0 saturated heterocycles. The quantitative estimate of drug-likeness (QED) is 0.510. The number of ether oxygens (including phenoxy) is 2. The lowest BCUT2D eigenvalue weighted by molar-refractivity contribution is 0.126. The molecule has 0 saturated carbocycles. The molecule has 0 bridgehead atoms. The second kappa shape index (κ2) is 10.3. The Kier molecular flexibility index (Phi) is 7.50. The number of hydrogen-bond acceptors (Lipinski definition) is 4. The Balaban J connectivity index is 0.00000256. The topological polar surface area (TPSA) is 42.9 Å². The van der Waals surface area contributed by atoms with E-state index in [4.69, 9.17) is 14.5 Å². The van der Waals surface area contributed by atoms with Crippen molar-refractivity contribution in [2.24, 2.45) is 4.99 Å². The molecule has 30 heavy (non-hydrogen) atoms. The molecule has 0 amide bonds. The van der Waals surface area contributed by atoms with Gasteiger partial charge in [0, 0.05) is 0 Å². The summed E-state index contributed by atoms with van der Waals surface area (Å²) in [5.74, 6) is 1.72. The number of rotatable bonds is 8. The Hall–Kier alpha value is -2.82. The van der Waals surface area contributed by atoms with Crippen molar-refractivity contribution in [2.75, 3.05) is 19.8 Å². The zero-order valence-corrected chi connectivity index (χ0v) is 17.8. The van der Waals surface area contributed by atoms with Crippen molar-refractivity contribution in [3.63, 3.8) is 0 Å². The van der Waals surface area contributed by atoms with E-state index in [1.807, 2.05) is 42.5 Å². The standard InChI is InChI=1S/C25H26N2O2.ClH/c1-25(21-13-7-3-8-14-21)24(20-11-5-2-6-12-20)26-23(27-25)19-28-17-18-29-22-15-9-4-10-16-22;/h2-16,24H,17-19H2,1H3,(H,26,27);1H. The van der Waals surface area contributed by atoms with Crippen LogP contribution in [0.1, 0.15) is 24.1 Å². The molecule has 5 heteroatoms. The fraction of sp³-hybridized carbons (Fsp3) is 0.240. The fourth-order valence-corrected chi connectivity index (χ4v) is 3.72. The summed E-state index contributed by atoms with van der Waals surface area (Å²) in [7, 11) is 0. The number of para-hydroxylation sites is 1. The fourth-order valence-electron chi connectivity index (χ4n) is 3.72. The Morgan fingerprint density at radius 1 is 0.833 bits per heavy atom. The van der Waals surface area contributed by atoms with Gasteiger partial charge in [-0.25, -0.2) is 0 Å². The zero-order valence-electron chi connectivity index (χ0n) is 17.0. The summed E-state index contributed by atoms with van der Waals surface area (Å²) in [5.41, 5.74) is 2.01. The van der Waals surface area contributed by atoms with Crippen molar-refractivity contribution in [3.05, 3.63) is 102 Å². The predicted octanol–water partition coefficient (Wildman–Crippen LogP) is 5.16. The molecule has 0 radical (unpaired) electrons. The van der Waals surface area contributed by atoms with Gasteiger partial charge >= 0.3 is 0 Å². The van der Waals surface area contributed by atoms with Gasteiger partial charge in [0.25, 0.3) is 0 Å². The van der Waals surface area contributed by atoms with Crippen LogP contribution in [0.25, 0.3) is 0 Å². The van der Waals surface area contributed by atoms with E-state index in [1.54, 1.807) is 0 Å². The van der Waals surface area contributed by atoms with Crippen LogP contribution < -0.4 is 10.1 Å². The number of hydrogen-bond donors (Lipinski definition) is 1. The highest BCUT2D eigenvalue weighted by Crippen LogP contribution is 2.41. The van der Waals surface area contributed by atoms with E-state index >= 15 is 0 Å². The minimum Gasteiger partial charge on any atom is -0.491 e. The number of benzene rings is 3. The van der Waals surface area contributed by atoms with Crippen molar-refractivity contribution in [3.8, 4) is 5.75 Å². The van der Waals surface area contributed by atoms with E-state index < -0.39 is 0 Å². The van der Waals surface area contributed by atoms with Crippen LogP contribution in [0, 0.1) is 0 Å². The average molecular weight is 423 g/mol. The van der Waals surface area contributed by atoms with Gasteiger partial charge in [-0.2, -0.15) is 0 Å². The first kappa shape index (κ1) is 21.9. The van der Waals surface area contributed by atoms with Gasteiger partial charge in [0.15, 0.2) is 0 Å². The van der Waals surface area contributed by atoms with Crippen molar-refractivity contribution >= 4 is 18.2 Å². The molecule has 1 N–H and O–H groups in total. The molecule has 0 aromatic heterocycles. The number of nitrogens with zero attached hydrogens (tertiary/aromatic N) is 1. The molecule has 3 aromatic carbocycles. The minimum absolute atomic E-state index is 0. The molecule has 1 aliphatic rings. The predicted molar refractivity (Wildman–Crippen MR) is 124 cm³/mol. The zero-order chi connectivity index (χ0) is 19.9. The monoisotopic (exact) mass is 422 g/mol. The highest BCUT2D eigenvalue weighted by atomic mass is 35.5. The summed E-state index contributed by atoms with van der Waals surface area (Å²) in [6.45, 7) is 3.63. The molecular weight excluding hydrogens is 396 g/mol. The van der Waals surface area contributed by atoms with Gasteiger partial charge in [-0.3, -0.25) is 4.99 Å². The molecule has 4 nitrogen and oxygen atoms in total. The number of amidine groups is 1. The van der Waals surface area contributed by atoms with Crippen LogP contribution in [0.5, 0.6) is 5.75 Å². The highest BCUT2D eigenvalue weighted by molar-refractivity contribution is 5.86. The molecule has 0 aliphatic carbocycles. The Morgan fingerprint density at radius 3 is 2.10 bits per heavy atom. The third kappa shape index (κ3) is 5.02. The summed E-state index contributed by atoms with van der Waals surface area (Å²) < 4.78 is 11.5. The smallest absolute Gasteiger partial charge is 0.124 e. The second-order valence-corrected chi connectivity index (χ2v) is 7.27. The lowest BCUT2D eigenvalue weighted by Crippen LogP contribution is -2.33. The van der Waals surface area contributed by atoms with E-state index in [0.717, 1.165) is 11.6 Å². The van der Waals surface area contributed by atoms with Crippen molar-refractivity contribution in [1.82, 2.24) is 5.32 Å². The van der Waals surface area contributed by atoms with Crippen LogP contribution in [0.3, 0.4) is 0 Å². The maximum Gasteiger partial charge on any atom is 0.124 e. The number of aliphatic imine (C=N–C) groups is 1. The SMILES string of the molecule is CC1(c2ccccc2)N=C(COCCOc2ccccc2)NC1c1ccccc1.Cl. The molecule has 1 heterocycles. The van der Waals surface area contributed by atoms with Crippen LogP contribution in [0.4, 0.5) is 0 Å². The molecular formula is C25H27ClN2O2. The molecule has 0 spiro atoms. The maximum atomic E-state index is 5.83. The summed E-state index contributed by atoms with van der Waals surface area (Å²) >= 11 is 0. The summed E-state index contributed by atoms with van der Waals surface area (Å²) in [6.07, 6.45) is 0. The summed E-state index contributed by atoms with van der Waals surface area (Å²) in [5, 5.41) is 3.59. The first-order valence-corrected chi connectivity index (χ1v) is 9.97. The van der Waals surface area contributed by atoms with Crippen molar-refractivity contribution in [2.45, 2.75) is 18.5 Å². The van der Waals surface area contributed by atoms with E-state index in [0.29, 0.717) is 19.8 Å². The third-order valence-electron chi connectivity index (χ3n) is 5.21.